The second-order valence-corrected chi connectivity index (χ2v) is 6.03. The summed E-state index contributed by atoms with van der Waals surface area (Å²) in [7, 11) is 2.01. The third-order valence-corrected chi connectivity index (χ3v) is 4.85. The van der Waals surface area contributed by atoms with E-state index in [1.807, 2.05) is 30.2 Å². The number of rotatable bonds is 1. The monoisotopic (exact) mass is 282 g/mol. The molecule has 0 unspecified atom stereocenters. The minimum Gasteiger partial charge on any atom is -0.267 e. The van der Waals surface area contributed by atoms with E-state index in [-0.39, 0.29) is 0 Å². The van der Waals surface area contributed by atoms with Crippen LogP contribution in [0.2, 0.25) is 0 Å². The first-order valence-electron chi connectivity index (χ1n) is 6.74. The van der Waals surface area contributed by atoms with E-state index in [1.54, 1.807) is 17.5 Å². The Balaban J connectivity index is 1.90. The van der Waals surface area contributed by atoms with Gasteiger partial charge in [-0.25, -0.2) is 4.98 Å². The maximum atomic E-state index is 4.84. The van der Waals surface area contributed by atoms with Crippen molar-refractivity contribution in [3.8, 4) is 21.1 Å². The second kappa shape index (κ2) is 4.52. The van der Waals surface area contributed by atoms with E-state index in [2.05, 4.69) is 16.1 Å². The highest BCUT2D eigenvalue weighted by Crippen LogP contribution is 2.39. The normalized spacial score (nSPS) is 13.7. The van der Waals surface area contributed by atoms with Gasteiger partial charge in [0.05, 0.1) is 22.5 Å². The smallest absolute Gasteiger partial charge is 0.125 e. The number of aryl methyl sites for hydroxylation is 3. The third kappa shape index (κ3) is 1.78. The number of aromatic nitrogens is 4. The lowest BCUT2D eigenvalue weighted by Gasteiger charge is -2.00. The number of pyridine rings is 1. The fraction of sp³-hybridized carbons (Fsp3) is 0.267. The van der Waals surface area contributed by atoms with Gasteiger partial charge in [0.15, 0.2) is 0 Å². The van der Waals surface area contributed by atoms with Gasteiger partial charge >= 0.3 is 0 Å². The Morgan fingerprint density at radius 1 is 1.25 bits per heavy atom. The number of fused-ring (bicyclic) bond motifs is 3. The zero-order valence-corrected chi connectivity index (χ0v) is 12.0. The van der Waals surface area contributed by atoms with E-state index in [1.165, 1.54) is 21.8 Å². The summed E-state index contributed by atoms with van der Waals surface area (Å²) < 4.78 is 1.98. The molecular weight excluding hydrogens is 268 g/mol. The molecule has 0 aliphatic heterocycles. The van der Waals surface area contributed by atoms with Crippen LogP contribution in [0.25, 0.3) is 21.1 Å². The van der Waals surface area contributed by atoms with Crippen molar-refractivity contribution in [2.24, 2.45) is 7.05 Å². The minimum absolute atomic E-state index is 1.04. The molecule has 3 aromatic heterocycles. The first-order chi connectivity index (χ1) is 9.83. The van der Waals surface area contributed by atoms with Gasteiger partial charge in [0, 0.05) is 25.0 Å². The summed E-state index contributed by atoms with van der Waals surface area (Å²) in [6.45, 7) is 0. The van der Waals surface area contributed by atoms with E-state index in [4.69, 9.17) is 4.98 Å². The van der Waals surface area contributed by atoms with Crippen LogP contribution in [-0.2, 0) is 19.9 Å². The Morgan fingerprint density at radius 2 is 2.20 bits per heavy atom. The highest BCUT2D eigenvalue weighted by atomic mass is 32.1. The van der Waals surface area contributed by atoms with Crippen LogP contribution in [0.1, 0.15) is 17.7 Å². The predicted octanol–water partition coefficient (Wildman–Crippen LogP) is 3.09. The molecule has 0 amide bonds. The van der Waals surface area contributed by atoms with Gasteiger partial charge in [0.25, 0.3) is 0 Å². The van der Waals surface area contributed by atoms with Crippen molar-refractivity contribution in [3.05, 3.63) is 42.0 Å². The molecule has 3 heterocycles. The molecule has 0 radical (unpaired) electrons. The van der Waals surface area contributed by atoms with E-state index in [0.29, 0.717) is 0 Å². The molecule has 20 heavy (non-hydrogen) atoms. The molecule has 0 N–H and O–H groups in total. The Morgan fingerprint density at radius 3 is 3.05 bits per heavy atom. The largest absolute Gasteiger partial charge is 0.267 e. The Labute approximate surface area is 121 Å². The van der Waals surface area contributed by atoms with Gasteiger partial charge in [0.2, 0.25) is 0 Å². The van der Waals surface area contributed by atoms with Crippen LogP contribution in [0.15, 0.2) is 30.7 Å². The summed E-state index contributed by atoms with van der Waals surface area (Å²) in [5.74, 6) is 0. The van der Waals surface area contributed by atoms with E-state index < -0.39 is 0 Å². The molecule has 0 bridgehead atoms. The van der Waals surface area contributed by atoms with Crippen molar-refractivity contribution in [1.29, 1.82) is 0 Å². The minimum atomic E-state index is 1.04. The molecule has 3 aromatic rings. The first kappa shape index (κ1) is 11.8. The average molecular weight is 282 g/mol. The summed E-state index contributed by atoms with van der Waals surface area (Å²) in [5.41, 5.74) is 4.88. The highest BCUT2D eigenvalue weighted by molar-refractivity contribution is 7.18. The van der Waals surface area contributed by atoms with Gasteiger partial charge in [-0.3, -0.25) is 9.67 Å². The van der Waals surface area contributed by atoms with Gasteiger partial charge < -0.3 is 0 Å². The van der Waals surface area contributed by atoms with Gasteiger partial charge in [-0.15, -0.1) is 11.3 Å². The number of thiazole rings is 1. The fourth-order valence-corrected chi connectivity index (χ4v) is 3.94. The van der Waals surface area contributed by atoms with Crippen molar-refractivity contribution in [3.63, 3.8) is 0 Å². The summed E-state index contributed by atoms with van der Waals surface area (Å²) in [6, 6.07) is 4.02. The summed E-state index contributed by atoms with van der Waals surface area (Å²) in [5, 5.41) is 5.46. The van der Waals surface area contributed by atoms with Crippen molar-refractivity contribution in [2.45, 2.75) is 19.3 Å². The van der Waals surface area contributed by atoms with Gasteiger partial charge in [-0.05, 0) is 37.0 Å². The highest BCUT2D eigenvalue weighted by Gasteiger charge is 2.22. The molecule has 0 spiro atoms. The summed E-state index contributed by atoms with van der Waals surface area (Å²) in [4.78, 5) is 10.3. The van der Waals surface area contributed by atoms with E-state index in [0.717, 1.165) is 29.8 Å². The first-order valence-corrected chi connectivity index (χ1v) is 7.56. The zero-order chi connectivity index (χ0) is 13.5. The average Bonchev–Trinajstić information content (AvgIpc) is 3.00. The van der Waals surface area contributed by atoms with Crippen molar-refractivity contribution in [2.75, 3.05) is 0 Å². The molecule has 4 rings (SSSR count). The topological polar surface area (TPSA) is 43.6 Å². The van der Waals surface area contributed by atoms with Crippen molar-refractivity contribution < 1.29 is 0 Å². The van der Waals surface area contributed by atoms with Crippen LogP contribution < -0.4 is 0 Å². The Hall–Kier alpha value is -2.01. The summed E-state index contributed by atoms with van der Waals surface area (Å²) in [6.07, 6.45) is 8.94. The van der Waals surface area contributed by atoms with Crippen LogP contribution in [-0.4, -0.2) is 19.7 Å². The Bertz CT molecular complexity index is 758. The molecule has 0 fully saturated rings. The molecule has 1 aliphatic carbocycles. The standard InChI is InChI=1S/C15H14N4S/c1-19-13-10(9-17-19)4-2-6-12-14(13)20-15(18-12)11-5-3-7-16-8-11/h3,5,7-9H,2,4,6H2,1H3. The number of hydrogen-bond donors (Lipinski definition) is 0. The lowest BCUT2D eigenvalue weighted by molar-refractivity contribution is 0.775. The zero-order valence-electron chi connectivity index (χ0n) is 11.2. The van der Waals surface area contributed by atoms with Crippen LogP contribution in [0.5, 0.6) is 0 Å². The molecule has 0 aromatic carbocycles. The number of hydrogen-bond acceptors (Lipinski definition) is 4. The quantitative estimate of drug-likeness (QED) is 0.689. The molecule has 0 saturated heterocycles. The van der Waals surface area contributed by atoms with Gasteiger partial charge in [-0.1, -0.05) is 0 Å². The van der Waals surface area contributed by atoms with Crippen molar-refractivity contribution >= 4 is 11.3 Å². The third-order valence-electron chi connectivity index (χ3n) is 3.70. The lowest BCUT2D eigenvalue weighted by atomic mass is 10.1. The molecule has 5 heteroatoms. The number of nitrogens with zero attached hydrogens (tertiary/aromatic N) is 4. The van der Waals surface area contributed by atoms with Gasteiger partial charge in [0.1, 0.15) is 5.01 Å². The fourth-order valence-electron chi connectivity index (χ4n) is 2.72. The lowest BCUT2D eigenvalue weighted by Crippen LogP contribution is -1.94. The van der Waals surface area contributed by atoms with Crippen LogP contribution >= 0.6 is 11.3 Å². The molecule has 0 atom stereocenters. The van der Waals surface area contributed by atoms with Crippen molar-refractivity contribution in [1.82, 2.24) is 19.7 Å². The molecule has 4 nitrogen and oxygen atoms in total. The molecule has 0 saturated carbocycles. The predicted molar refractivity (Wildman–Crippen MR) is 79.6 cm³/mol. The second-order valence-electron chi connectivity index (χ2n) is 5.03. The van der Waals surface area contributed by atoms with Gasteiger partial charge in [-0.2, -0.15) is 5.10 Å². The molecular formula is C15H14N4S. The Kier molecular flexibility index (Phi) is 2.67. The molecule has 1 aliphatic rings. The van der Waals surface area contributed by atoms with E-state index in [9.17, 15) is 0 Å². The maximum absolute atomic E-state index is 4.84. The molecule has 100 valence electrons. The van der Waals surface area contributed by atoms with E-state index >= 15 is 0 Å². The maximum Gasteiger partial charge on any atom is 0.125 e. The van der Waals surface area contributed by atoms with Crippen LogP contribution in [0, 0.1) is 0 Å². The summed E-state index contributed by atoms with van der Waals surface area (Å²) >= 11 is 1.75. The van der Waals surface area contributed by atoms with Crippen LogP contribution in [0.3, 0.4) is 0 Å². The SMILES string of the molecule is Cn1ncc2c1-c1sc(-c3cccnc3)nc1CCC2. The van der Waals surface area contributed by atoms with Crippen LogP contribution in [0.4, 0.5) is 0 Å².